The van der Waals surface area contributed by atoms with E-state index in [1.54, 1.807) is 0 Å². The number of carbonyl (C=O) groups is 1. The van der Waals surface area contributed by atoms with Crippen molar-refractivity contribution in [3.8, 4) is 0 Å². The molecule has 2 aliphatic rings. The van der Waals surface area contributed by atoms with Crippen LogP contribution in [0.3, 0.4) is 0 Å². The summed E-state index contributed by atoms with van der Waals surface area (Å²) in [5, 5.41) is 0. The molecule has 2 fully saturated rings. The van der Waals surface area contributed by atoms with Gasteiger partial charge in [0, 0.05) is 18.7 Å². The molecular formula is C15H19NO. The minimum atomic E-state index is 0.281. The van der Waals surface area contributed by atoms with Crippen LogP contribution in [-0.2, 0) is 4.79 Å². The molecule has 2 aliphatic carbocycles. The van der Waals surface area contributed by atoms with Crippen LogP contribution in [0.2, 0.25) is 0 Å². The molecule has 0 aliphatic heterocycles. The molecule has 0 saturated heterocycles. The maximum absolute atomic E-state index is 12.4. The fourth-order valence-electron chi connectivity index (χ4n) is 3.25. The molecule has 0 N–H and O–H groups in total. The van der Waals surface area contributed by atoms with Gasteiger partial charge in [-0.25, -0.2) is 0 Å². The second-order valence-corrected chi connectivity index (χ2v) is 5.61. The van der Waals surface area contributed by atoms with Crippen molar-refractivity contribution in [3.63, 3.8) is 0 Å². The Morgan fingerprint density at radius 3 is 2.47 bits per heavy atom. The molecular weight excluding hydrogens is 210 g/mol. The Hall–Kier alpha value is -1.31. The fraction of sp³-hybridized carbons (Fsp3) is 0.533. The number of rotatable bonds is 2. The Kier molecular flexibility index (Phi) is 2.46. The molecule has 3 rings (SSSR count). The number of nitrogens with zero attached hydrogens (tertiary/aromatic N) is 1. The molecule has 90 valence electrons. The van der Waals surface area contributed by atoms with E-state index in [9.17, 15) is 4.79 Å². The maximum Gasteiger partial charge on any atom is 0.229 e. The monoisotopic (exact) mass is 229 g/mol. The number of aryl methyl sites for hydroxylation is 1. The number of amides is 1. The van der Waals surface area contributed by atoms with E-state index in [1.165, 1.54) is 12.0 Å². The number of benzene rings is 1. The van der Waals surface area contributed by atoms with Gasteiger partial charge in [0.2, 0.25) is 5.91 Å². The summed E-state index contributed by atoms with van der Waals surface area (Å²) in [6.45, 7) is 2.06. The first kappa shape index (κ1) is 10.8. The van der Waals surface area contributed by atoms with Gasteiger partial charge < -0.3 is 4.90 Å². The van der Waals surface area contributed by atoms with Crippen LogP contribution >= 0.6 is 0 Å². The number of para-hydroxylation sites is 1. The highest BCUT2D eigenvalue weighted by Gasteiger charge is 2.48. The lowest BCUT2D eigenvalue weighted by molar-refractivity contribution is -0.122. The number of anilines is 1. The molecule has 1 aromatic carbocycles. The smallest absolute Gasteiger partial charge is 0.229 e. The SMILES string of the molecule is Cc1ccccc1N(C)C(=O)C1CC2CC2C1. The van der Waals surface area contributed by atoms with Gasteiger partial charge in [0.25, 0.3) is 0 Å². The van der Waals surface area contributed by atoms with E-state index >= 15 is 0 Å². The summed E-state index contributed by atoms with van der Waals surface area (Å²) in [4.78, 5) is 14.2. The van der Waals surface area contributed by atoms with Gasteiger partial charge in [0.15, 0.2) is 0 Å². The topological polar surface area (TPSA) is 20.3 Å². The van der Waals surface area contributed by atoms with Crippen molar-refractivity contribution < 1.29 is 4.79 Å². The lowest BCUT2D eigenvalue weighted by Gasteiger charge is -2.23. The summed E-state index contributed by atoms with van der Waals surface area (Å²) in [6.07, 6.45) is 3.62. The van der Waals surface area contributed by atoms with Crippen LogP contribution in [0, 0.1) is 24.7 Å². The normalized spacial score (nSPS) is 29.9. The quantitative estimate of drug-likeness (QED) is 0.763. The van der Waals surface area contributed by atoms with Crippen molar-refractivity contribution in [2.45, 2.75) is 26.2 Å². The van der Waals surface area contributed by atoms with Gasteiger partial charge in [-0.3, -0.25) is 4.79 Å². The van der Waals surface area contributed by atoms with E-state index in [0.717, 1.165) is 30.4 Å². The molecule has 2 atom stereocenters. The van der Waals surface area contributed by atoms with E-state index in [4.69, 9.17) is 0 Å². The number of carbonyl (C=O) groups excluding carboxylic acids is 1. The van der Waals surface area contributed by atoms with Crippen molar-refractivity contribution in [2.75, 3.05) is 11.9 Å². The molecule has 0 heterocycles. The molecule has 0 bridgehead atoms. The second kappa shape index (κ2) is 3.86. The molecule has 0 radical (unpaired) electrons. The first-order valence-electron chi connectivity index (χ1n) is 6.50. The molecule has 1 amide bonds. The highest BCUT2D eigenvalue weighted by Crippen LogP contribution is 2.54. The Balaban J connectivity index is 1.75. The van der Waals surface area contributed by atoms with Gasteiger partial charge in [-0.15, -0.1) is 0 Å². The second-order valence-electron chi connectivity index (χ2n) is 5.61. The fourth-order valence-corrected chi connectivity index (χ4v) is 3.25. The van der Waals surface area contributed by atoms with E-state index in [1.807, 2.05) is 30.1 Å². The zero-order valence-electron chi connectivity index (χ0n) is 10.5. The summed E-state index contributed by atoms with van der Waals surface area (Å²) in [7, 11) is 1.91. The Bertz CT molecular complexity index is 444. The van der Waals surface area contributed by atoms with Gasteiger partial charge in [0.1, 0.15) is 0 Å². The zero-order chi connectivity index (χ0) is 12.0. The van der Waals surface area contributed by atoms with Crippen molar-refractivity contribution in [1.29, 1.82) is 0 Å². The molecule has 2 unspecified atom stereocenters. The summed E-state index contributed by atoms with van der Waals surface area (Å²) >= 11 is 0. The average Bonchev–Trinajstić information content (AvgIpc) is 2.95. The molecule has 1 aromatic rings. The third kappa shape index (κ3) is 1.86. The number of fused-ring (bicyclic) bond motifs is 1. The summed E-state index contributed by atoms with van der Waals surface area (Å²) in [5.74, 6) is 2.33. The van der Waals surface area contributed by atoms with E-state index < -0.39 is 0 Å². The Morgan fingerprint density at radius 1 is 1.18 bits per heavy atom. The van der Waals surface area contributed by atoms with Gasteiger partial charge in [-0.2, -0.15) is 0 Å². The van der Waals surface area contributed by atoms with Crippen LogP contribution in [0.4, 0.5) is 5.69 Å². The molecule has 2 saturated carbocycles. The minimum Gasteiger partial charge on any atom is -0.315 e. The Morgan fingerprint density at radius 2 is 1.82 bits per heavy atom. The largest absolute Gasteiger partial charge is 0.315 e. The summed E-state index contributed by atoms with van der Waals surface area (Å²) < 4.78 is 0. The van der Waals surface area contributed by atoms with Crippen molar-refractivity contribution >= 4 is 11.6 Å². The third-order valence-corrected chi connectivity index (χ3v) is 4.40. The third-order valence-electron chi connectivity index (χ3n) is 4.40. The zero-order valence-corrected chi connectivity index (χ0v) is 10.5. The van der Waals surface area contributed by atoms with E-state index in [2.05, 4.69) is 13.0 Å². The molecule has 0 aromatic heterocycles. The molecule has 2 nitrogen and oxygen atoms in total. The number of hydrogen-bond donors (Lipinski definition) is 0. The highest BCUT2D eigenvalue weighted by molar-refractivity contribution is 5.95. The first-order chi connectivity index (χ1) is 8.16. The van der Waals surface area contributed by atoms with E-state index in [-0.39, 0.29) is 5.92 Å². The lowest BCUT2D eigenvalue weighted by atomic mass is 10.0. The van der Waals surface area contributed by atoms with Crippen LogP contribution in [-0.4, -0.2) is 13.0 Å². The van der Waals surface area contributed by atoms with Gasteiger partial charge in [-0.1, -0.05) is 18.2 Å². The maximum atomic E-state index is 12.4. The van der Waals surface area contributed by atoms with Crippen LogP contribution < -0.4 is 4.90 Å². The van der Waals surface area contributed by atoms with Crippen molar-refractivity contribution in [2.24, 2.45) is 17.8 Å². The molecule has 0 spiro atoms. The number of hydrogen-bond acceptors (Lipinski definition) is 1. The van der Waals surface area contributed by atoms with Crippen LogP contribution in [0.5, 0.6) is 0 Å². The van der Waals surface area contributed by atoms with Gasteiger partial charge in [0.05, 0.1) is 0 Å². The molecule has 17 heavy (non-hydrogen) atoms. The minimum absolute atomic E-state index is 0.281. The first-order valence-corrected chi connectivity index (χ1v) is 6.50. The van der Waals surface area contributed by atoms with Crippen LogP contribution in [0.1, 0.15) is 24.8 Å². The van der Waals surface area contributed by atoms with Crippen molar-refractivity contribution in [3.05, 3.63) is 29.8 Å². The summed E-state index contributed by atoms with van der Waals surface area (Å²) in [6, 6.07) is 8.11. The predicted molar refractivity (Wildman–Crippen MR) is 68.9 cm³/mol. The Labute approximate surface area is 103 Å². The summed E-state index contributed by atoms with van der Waals surface area (Å²) in [5.41, 5.74) is 2.23. The average molecular weight is 229 g/mol. The van der Waals surface area contributed by atoms with Crippen LogP contribution in [0.15, 0.2) is 24.3 Å². The lowest BCUT2D eigenvalue weighted by Crippen LogP contribution is -2.32. The highest BCUT2D eigenvalue weighted by atomic mass is 16.2. The van der Waals surface area contributed by atoms with Gasteiger partial charge >= 0.3 is 0 Å². The molecule has 2 heteroatoms. The van der Waals surface area contributed by atoms with Crippen LogP contribution in [0.25, 0.3) is 0 Å². The standard InChI is InChI=1S/C15H19NO/c1-10-5-3-4-6-14(10)16(2)15(17)13-8-11-7-12(11)9-13/h3-6,11-13H,7-9H2,1-2H3. The van der Waals surface area contributed by atoms with Gasteiger partial charge in [-0.05, 0) is 49.7 Å². The van der Waals surface area contributed by atoms with Crippen molar-refractivity contribution in [1.82, 2.24) is 0 Å². The predicted octanol–water partition coefficient (Wildman–Crippen LogP) is 3.00. The van der Waals surface area contributed by atoms with E-state index in [0.29, 0.717) is 5.91 Å².